The maximum Gasteiger partial charge on any atom is 0.146 e. The van der Waals surface area contributed by atoms with Crippen molar-refractivity contribution in [1.82, 2.24) is 0 Å². The Kier molecular flexibility index (Phi) is 3.41. The smallest absolute Gasteiger partial charge is 0.146 e. The van der Waals surface area contributed by atoms with Crippen molar-refractivity contribution in [2.75, 3.05) is 24.5 Å². The van der Waals surface area contributed by atoms with Gasteiger partial charge in [-0.25, -0.2) is 4.39 Å². The van der Waals surface area contributed by atoms with Gasteiger partial charge in [0.25, 0.3) is 0 Å². The molecular formula is C12H18FN3. The third kappa shape index (κ3) is 2.18. The summed E-state index contributed by atoms with van der Waals surface area (Å²) in [5, 5.41) is 0. The fourth-order valence-corrected chi connectivity index (χ4v) is 2.10. The number of benzene rings is 1. The molecule has 1 aromatic carbocycles. The van der Waals surface area contributed by atoms with Crippen molar-refractivity contribution >= 4 is 5.69 Å². The predicted octanol–water partition coefficient (Wildman–Crippen LogP) is 1.38. The summed E-state index contributed by atoms with van der Waals surface area (Å²) >= 11 is 0. The molecule has 1 aliphatic rings. The maximum absolute atomic E-state index is 13.9. The van der Waals surface area contributed by atoms with Crippen LogP contribution in [0, 0.1) is 5.82 Å². The zero-order chi connectivity index (χ0) is 11.5. The molecule has 0 aromatic heterocycles. The second-order valence-electron chi connectivity index (χ2n) is 4.25. The molecule has 1 aliphatic heterocycles. The SMILES string of the molecule is NC[C@@H](N)c1ccc(N2CCCC2)c(F)c1. The molecule has 88 valence electrons. The normalized spacial score (nSPS) is 17.8. The summed E-state index contributed by atoms with van der Waals surface area (Å²) in [5.74, 6) is -0.191. The van der Waals surface area contributed by atoms with Gasteiger partial charge in [0, 0.05) is 25.7 Å². The van der Waals surface area contributed by atoms with E-state index in [-0.39, 0.29) is 11.9 Å². The number of nitrogens with zero attached hydrogens (tertiary/aromatic N) is 1. The Morgan fingerprint density at radius 3 is 2.56 bits per heavy atom. The predicted molar refractivity (Wildman–Crippen MR) is 63.8 cm³/mol. The van der Waals surface area contributed by atoms with Crippen LogP contribution in [0.4, 0.5) is 10.1 Å². The average Bonchev–Trinajstić information content (AvgIpc) is 2.81. The van der Waals surface area contributed by atoms with Gasteiger partial charge in [0.05, 0.1) is 5.69 Å². The van der Waals surface area contributed by atoms with Gasteiger partial charge in [0.1, 0.15) is 5.82 Å². The van der Waals surface area contributed by atoms with E-state index in [1.807, 2.05) is 12.1 Å². The first kappa shape index (κ1) is 11.4. The van der Waals surface area contributed by atoms with Gasteiger partial charge >= 0.3 is 0 Å². The first-order valence-corrected chi connectivity index (χ1v) is 5.72. The van der Waals surface area contributed by atoms with Crippen LogP contribution < -0.4 is 16.4 Å². The van der Waals surface area contributed by atoms with E-state index in [1.165, 1.54) is 6.07 Å². The van der Waals surface area contributed by atoms with Crippen molar-refractivity contribution in [2.24, 2.45) is 11.5 Å². The van der Waals surface area contributed by atoms with Crippen LogP contribution in [0.1, 0.15) is 24.4 Å². The summed E-state index contributed by atoms with van der Waals surface area (Å²) in [5.41, 5.74) is 12.7. The molecule has 1 heterocycles. The minimum absolute atomic E-state index is 0.191. The van der Waals surface area contributed by atoms with Crippen molar-refractivity contribution in [3.63, 3.8) is 0 Å². The van der Waals surface area contributed by atoms with Crippen LogP contribution in [0.25, 0.3) is 0 Å². The Bertz CT molecular complexity index is 361. The van der Waals surface area contributed by atoms with Gasteiger partial charge in [0.15, 0.2) is 0 Å². The van der Waals surface area contributed by atoms with Gasteiger partial charge in [-0.3, -0.25) is 0 Å². The fraction of sp³-hybridized carbons (Fsp3) is 0.500. The van der Waals surface area contributed by atoms with Gasteiger partial charge in [-0.2, -0.15) is 0 Å². The highest BCUT2D eigenvalue weighted by Gasteiger charge is 2.16. The molecule has 0 spiro atoms. The molecule has 1 aromatic rings. The van der Waals surface area contributed by atoms with Crippen LogP contribution in [0.5, 0.6) is 0 Å². The minimum Gasteiger partial charge on any atom is -0.369 e. The molecule has 4 N–H and O–H groups in total. The fourth-order valence-electron chi connectivity index (χ4n) is 2.10. The summed E-state index contributed by atoms with van der Waals surface area (Å²) in [6.45, 7) is 2.22. The largest absolute Gasteiger partial charge is 0.369 e. The maximum atomic E-state index is 13.9. The lowest BCUT2D eigenvalue weighted by molar-refractivity contribution is 0.615. The number of hydrogen-bond acceptors (Lipinski definition) is 3. The van der Waals surface area contributed by atoms with Crippen molar-refractivity contribution < 1.29 is 4.39 Å². The molecule has 3 nitrogen and oxygen atoms in total. The van der Waals surface area contributed by atoms with Crippen LogP contribution in [0.15, 0.2) is 18.2 Å². The van der Waals surface area contributed by atoms with Crippen molar-refractivity contribution in [1.29, 1.82) is 0 Å². The third-order valence-corrected chi connectivity index (χ3v) is 3.10. The highest BCUT2D eigenvalue weighted by molar-refractivity contribution is 5.50. The molecule has 0 aliphatic carbocycles. The lowest BCUT2D eigenvalue weighted by atomic mass is 10.1. The topological polar surface area (TPSA) is 55.3 Å². The van der Waals surface area contributed by atoms with Crippen molar-refractivity contribution in [3.05, 3.63) is 29.6 Å². The van der Waals surface area contributed by atoms with Gasteiger partial charge in [-0.1, -0.05) is 6.07 Å². The van der Waals surface area contributed by atoms with E-state index >= 15 is 0 Å². The van der Waals surface area contributed by atoms with E-state index < -0.39 is 0 Å². The number of halogens is 1. The molecule has 0 saturated carbocycles. The van der Waals surface area contributed by atoms with Crippen LogP contribution in [-0.2, 0) is 0 Å². The summed E-state index contributed by atoms with van der Waals surface area (Å²) in [6, 6.07) is 4.91. The number of rotatable bonds is 3. The first-order chi connectivity index (χ1) is 7.72. The minimum atomic E-state index is -0.276. The second-order valence-corrected chi connectivity index (χ2v) is 4.25. The van der Waals surface area contributed by atoms with Gasteiger partial charge in [-0.05, 0) is 30.5 Å². The van der Waals surface area contributed by atoms with Crippen LogP contribution >= 0.6 is 0 Å². The van der Waals surface area contributed by atoms with E-state index in [2.05, 4.69) is 4.90 Å². The van der Waals surface area contributed by atoms with E-state index in [9.17, 15) is 4.39 Å². The third-order valence-electron chi connectivity index (χ3n) is 3.10. The Hall–Kier alpha value is -1.13. The molecule has 0 radical (unpaired) electrons. The highest BCUT2D eigenvalue weighted by Crippen LogP contribution is 2.25. The standard InChI is InChI=1S/C12H18FN3/c13-10-7-9(11(15)8-14)3-4-12(10)16-5-1-2-6-16/h3-4,7,11H,1-2,5-6,8,14-15H2/t11-/m1/s1. The lowest BCUT2D eigenvalue weighted by Crippen LogP contribution is -2.22. The highest BCUT2D eigenvalue weighted by atomic mass is 19.1. The average molecular weight is 223 g/mol. The van der Waals surface area contributed by atoms with Gasteiger partial charge in [-0.15, -0.1) is 0 Å². The van der Waals surface area contributed by atoms with Crippen LogP contribution in [0.2, 0.25) is 0 Å². The Morgan fingerprint density at radius 1 is 1.31 bits per heavy atom. The molecule has 4 heteroatoms. The van der Waals surface area contributed by atoms with Gasteiger partial charge < -0.3 is 16.4 Å². The van der Waals surface area contributed by atoms with Crippen molar-refractivity contribution in [3.8, 4) is 0 Å². The molecule has 1 saturated heterocycles. The molecule has 1 atom stereocenters. The molecule has 0 bridgehead atoms. The molecule has 2 rings (SSSR count). The number of anilines is 1. The molecule has 0 unspecified atom stereocenters. The summed E-state index contributed by atoms with van der Waals surface area (Å²) in [6.07, 6.45) is 2.28. The summed E-state index contributed by atoms with van der Waals surface area (Å²) in [7, 11) is 0. The van der Waals surface area contributed by atoms with E-state index in [1.54, 1.807) is 0 Å². The van der Waals surface area contributed by atoms with E-state index in [0.29, 0.717) is 12.2 Å². The van der Waals surface area contributed by atoms with E-state index in [0.717, 1.165) is 31.5 Å². The molecule has 0 amide bonds. The van der Waals surface area contributed by atoms with E-state index in [4.69, 9.17) is 11.5 Å². The molecular weight excluding hydrogens is 205 g/mol. The van der Waals surface area contributed by atoms with Crippen molar-refractivity contribution in [2.45, 2.75) is 18.9 Å². The Morgan fingerprint density at radius 2 is 2.00 bits per heavy atom. The van der Waals surface area contributed by atoms with Crippen LogP contribution in [-0.4, -0.2) is 19.6 Å². The zero-order valence-electron chi connectivity index (χ0n) is 9.32. The first-order valence-electron chi connectivity index (χ1n) is 5.72. The Labute approximate surface area is 95.2 Å². The lowest BCUT2D eigenvalue weighted by Gasteiger charge is -2.19. The molecule has 16 heavy (non-hydrogen) atoms. The van der Waals surface area contributed by atoms with Crippen LogP contribution in [0.3, 0.4) is 0 Å². The summed E-state index contributed by atoms with van der Waals surface area (Å²) < 4.78 is 13.9. The molecule has 1 fully saturated rings. The number of nitrogens with two attached hydrogens (primary N) is 2. The monoisotopic (exact) mass is 223 g/mol. The Balaban J connectivity index is 2.22. The van der Waals surface area contributed by atoms with Gasteiger partial charge in [0.2, 0.25) is 0 Å². The number of hydrogen-bond donors (Lipinski definition) is 2. The summed E-state index contributed by atoms with van der Waals surface area (Å²) in [4.78, 5) is 2.08. The second kappa shape index (κ2) is 4.80. The zero-order valence-corrected chi connectivity index (χ0v) is 9.32. The quantitative estimate of drug-likeness (QED) is 0.814.